The van der Waals surface area contributed by atoms with E-state index >= 15 is 0 Å². The normalized spacial score (nSPS) is 12.5. The molecule has 1 N–H and O–H groups in total. The number of ether oxygens (including phenoxy) is 1. The van der Waals surface area contributed by atoms with E-state index in [4.69, 9.17) is 0 Å². The van der Waals surface area contributed by atoms with Gasteiger partial charge in [0.15, 0.2) is 5.69 Å². The largest absolute Gasteiger partial charge is 0.573 e. The first kappa shape index (κ1) is 19.4. The van der Waals surface area contributed by atoms with Gasteiger partial charge in [-0.1, -0.05) is 18.2 Å². The second kappa shape index (κ2) is 7.71. The molecule has 146 valence electrons. The Labute approximate surface area is 157 Å². The van der Waals surface area contributed by atoms with Crippen LogP contribution in [0.15, 0.2) is 60.8 Å². The summed E-state index contributed by atoms with van der Waals surface area (Å²) in [6.45, 7) is 1.68. The maximum absolute atomic E-state index is 13.3. The van der Waals surface area contributed by atoms with Crippen molar-refractivity contribution in [3.05, 3.63) is 77.9 Å². The standard InChI is InChI=1S/C19H15F4N3O2/c1-12(13-5-7-16(8-6-13)28-19(21,22)23)24-18(27)17-9-10-26(25-17)15-4-2-3-14(20)11-15/h2-12H,1H3,(H,24,27). The average Bonchev–Trinajstić information content (AvgIpc) is 3.11. The quantitative estimate of drug-likeness (QED) is 0.654. The number of hydrogen-bond donors (Lipinski definition) is 1. The summed E-state index contributed by atoms with van der Waals surface area (Å²) < 4.78 is 55.1. The van der Waals surface area contributed by atoms with E-state index in [0.717, 1.165) is 0 Å². The molecule has 3 rings (SSSR count). The Kier molecular flexibility index (Phi) is 5.34. The van der Waals surface area contributed by atoms with Crippen molar-refractivity contribution in [3.63, 3.8) is 0 Å². The Morgan fingerprint density at radius 3 is 2.50 bits per heavy atom. The summed E-state index contributed by atoms with van der Waals surface area (Å²) in [4.78, 5) is 12.4. The third-order valence-corrected chi connectivity index (χ3v) is 3.86. The lowest BCUT2D eigenvalue weighted by Crippen LogP contribution is -2.27. The van der Waals surface area contributed by atoms with E-state index in [1.54, 1.807) is 13.0 Å². The van der Waals surface area contributed by atoms with E-state index in [9.17, 15) is 22.4 Å². The predicted molar refractivity (Wildman–Crippen MR) is 92.5 cm³/mol. The molecule has 5 nitrogen and oxygen atoms in total. The van der Waals surface area contributed by atoms with Crippen molar-refractivity contribution in [2.75, 3.05) is 0 Å². The fourth-order valence-corrected chi connectivity index (χ4v) is 2.52. The lowest BCUT2D eigenvalue weighted by atomic mass is 10.1. The van der Waals surface area contributed by atoms with Crippen LogP contribution in [0.4, 0.5) is 17.6 Å². The molecular formula is C19H15F4N3O2. The minimum absolute atomic E-state index is 0.119. The van der Waals surface area contributed by atoms with Gasteiger partial charge in [0.05, 0.1) is 11.7 Å². The summed E-state index contributed by atoms with van der Waals surface area (Å²) in [5, 5.41) is 6.82. The number of amides is 1. The number of hydrogen-bond acceptors (Lipinski definition) is 3. The molecule has 0 fully saturated rings. The van der Waals surface area contributed by atoms with Gasteiger partial charge in [0.2, 0.25) is 0 Å². The SMILES string of the molecule is CC(NC(=O)c1ccn(-c2cccc(F)c2)n1)c1ccc(OC(F)(F)F)cc1. The average molecular weight is 393 g/mol. The maximum atomic E-state index is 13.3. The number of carbonyl (C=O) groups is 1. The molecule has 0 aliphatic carbocycles. The summed E-state index contributed by atoms with van der Waals surface area (Å²) in [5.74, 6) is -1.24. The lowest BCUT2D eigenvalue weighted by molar-refractivity contribution is -0.274. The Bertz CT molecular complexity index is 968. The van der Waals surface area contributed by atoms with E-state index in [0.29, 0.717) is 11.3 Å². The molecule has 1 amide bonds. The molecule has 0 spiro atoms. The Morgan fingerprint density at radius 1 is 1.14 bits per heavy atom. The van der Waals surface area contributed by atoms with Crippen LogP contribution in [-0.4, -0.2) is 22.1 Å². The van der Waals surface area contributed by atoms with Gasteiger partial charge in [0, 0.05) is 6.20 Å². The fourth-order valence-electron chi connectivity index (χ4n) is 2.52. The Hall–Kier alpha value is -3.36. The van der Waals surface area contributed by atoms with E-state index in [2.05, 4.69) is 15.2 Å². The first-order valence-electron chi connectivity index (χ1n) is 8.19. The van der Waals surface area contributed by atoms with Gasteiger partial charge >= 0.3 is 6.36 Å². The van der Waals surface area contributed by atoms with E-state index in [1.165, 1.54) is 59.4 Å². The Morgan fingerprint density at radius 2 is 1.86 bits per heavy atom. The highest BCUT2D eigenvalue weighted by Crippen LogP contribution is 2.24. The van der Waals surface area contributed by atoms with Crippen molar-refractivity contribution in [2.24, 2.45) is 0 Å². The molecular weight excluding hydrogens is 378 g/mol. The zero-order valence-corrected chi connectivity index (χ0v) is 14.6. The predicted octanol–water partition coefficient (Wildman–Crippen LogP) is 4.40. The van der Waals surface area contributed by atoms with Crippen LogP contribution in [0, 0.1) is 5.82 Å². The number of carbonyl (C=O) groups excluding carboxylic acids is 1. The lowest BCUT2D eigenvalue weighted by Gasteiger charge is -2.14. The van der Waals surface area contributed by atoms with Gasteiger partial charge in [-0.25, -0.2) is 9.07 Å². The molecule has 0 aliphatic rings. The van der Waals surface area contributed by atoms with Crippen molar-refractivity contribution in [3.8, 4) is 11.4 Å². The highest BCUT2D eigenvalue weighted by Gasteiger charge is 2.31. The third-order valence-electron chi connectivity index (χ3n) is 3.86. The van der Waals surface area contributed by atoms with E-state index in [-0.39, 0.29) is 11.4 Å². The molecule has 2 aromatic carbocycles. The molecule has 0 saturated heterocycles. The molecule has 1 aromatic heterocycles. The molecule has 1 atom stereocenters. The molecule has 3 aromatic rings. The summed E-state index contributed by atoms with van der Waals surface area (Å²) in [6, 6.07) is 11.9. The van der Waals surface area contributed by atoms with Gasteiger partial charge in [-0.2, -0.15) is 5.10 Å². The second-order valence-corrected chi connectivity index (χ2v) is 5.94. The van der Waals surface area contributed by atoms with Crippen LogP contribution in [0.1, 0.15) is 29.0 Å². The first-order chi connectivity index (χ1) is 13.2. The van der Waals surface area contributed by atoms with E-state index < -0.39 is 24.1 Å². The summed E-state index contributed by atoms with van der Waals surface area (Å²) >= 11 is 0. The highest BCUT2D eigenvalue weighted by molar-refractivity contribution is 5.92. The molecule has 0 bridgehead atoms. The summed E-state index contributed by atoms with van der Waals surface area (Å²) in [5.41, 5.74) is 1.17. The van der Waals surface area contributed by atoms with Crippen molar-refractivity contribution < 1.29 is 27.1 Å². The van der Waals surface area contributed by atoms with Gasteiger partial charge in [0.25, 0.3) is 5.91 Å². The number of nitrogens with one attached hydrogen (secondary N) is 1. The minimum atomic E-state index is -4.76. The van der Waals surface area contributed by atoms with Crippen LogP contribution in [0.2, 0.25) is 0 Å². The van der Waals surface area contributed by atoms with Crippen molar-refractivity contribution >= 4 is 5.91 Å². The zero-order valence-electron chi connectivity index (χ0n) is 14.6. The number of benzene rings is 2. The third kappa shape index (κ3) is 4.87. The molecule has 28 heavy (non-hydrogen) atoms. The summed E-state index contributed by atoms with van der Waals surface area (Å²) in [6.07, 6.45) is -3.24. The zero-order chi connectivity index (χ0) is 20.3. The van der Waals surface area contributed by atoms with Crippen LogP contribution >= 0.6 is 0 Å². The highest BCUT2D eigenvalue weighted by atomic mass is 19.4. The number of halogens is 4. The smallest absolute Gasteiger partial charge is 0.406 e. The first-order valence-corrected chi connectivity index (χ1v) is 8.19. The Balaban J connectivity index is 1.66. The number of aromatic nitrogens is 2. The van der Waals surface area contributed by atoms with Crippen molar-refractivity contribution in [2.45, 2.75) is 19.3 Å². The number of rotatable bonds is 5. The van der Waals surface area contributed by atoms with Gasteiger partial charge in [0.1, 0.15) is 11.6 Å². The molecule has 1 heterocycles. The molecule has 0 saturated carbocycles. The molecule has 1 unspecified atom stereocenters. The van der Waals surface area contributed by atoms with Crippen LogP contribution in [-0.2, 0) is 0 Å². The summed E-state index contributed by atoms with van der Waals surface area (Å²) in [7, 11) is 0. The van der Waals surface area contributed by atoms with Gasteiger partial charge in [-0.3, -0.25) is 4.79 Å². The van der Waals surface area contributed by atoms with Crippen molar-refractivity contribution in [1.82, 2.24) is 15.1 Å². The maximum Gasteiger partial charge on any atom is 0.573 e. The molecule has 0 radical (unpaired) electrons. The molecule has 0 aliphatic heterocycles. The number of alkyl halides is 3. The van der Waals surface area contributed by atoms with Gasteiger partial charge in [-0.15, -0.1) is 13.2 Å². The van der Waals surface area contributed by atoms with Gasteiger partial charge < -0.3 is 10.1 Å². The second-order valence-electron chi connectivity index (χ2n) is 5.94. The molecule has 9 heteroatoms. The monoisotopic (exact) mass is 393 g/mol. The van der Waals surface area contributed by atoms with Crippen LogP contribution < -0.4 is 10.1 Å². The fraction of sp³-hybridized carbons (Fsp3) is 0.158. The van der Waals surface area contributed by atoms with E-state index in [1.807, 2.05) is 0 Å². The van der Waals surface area contributed by atoms with Gasteiger partial charge in [-0.05, 0) is 48.9 Å². The van der Waals surface area contributed by atoms with Crippen LogP contribution in [0.5, 0.6) is 5.75 Å². The van der Waals surface area contributed by atoms with Crippen LogP contribution in [0.25, 0.3) is 5.69 Å². The topological polar surface area (TPSA) is 56.2 Å². The van der Waals surface area contributed by atoms with Crippen LogP contribution in [0.3, 0.4) is 0 Å². The van der Waals surface area contributed by atoms with Crippen molar-refractivity contribution in [1.29, 1.82) is 0 Å². The minimum Gasteiger partial charge on any atom is -0.406 e. The number of nitrogens with zero attached hydrogens (tertiary/aromatic N) is 2.